The fraction of sp³-hybridized carbons (Fsp3) is 0.714. The van der Waals surface area contributed by atoms with Gasteiger partial charge in [-0.3, -0.25) is 4.79 Å². The summed E-state index contributed by atoms with van der Waals surface area (Å²) in [5, 5.41) is 0. The number of carbonyl (C=O) groups is 2. The number of hydrogen-bond donors (Lipinski definition) is 1. The van der Waals surface area contributed by atoms with E-state index in [-0.39, 0.29) is 6.79 Å². The lowest BCUT2D eigenvalue weighted by molar-refractivity contribution is -0.169. The molecular formula is C7H13NO4. The zero-order chi connectivity index (χ0) is 9.78. The number of carbonyl (C=O) groups excluding carboxylic acids is 2. The van der Waals surface area contributed by atoms with Crippen LogP contribution in [0.5, 0.6) is 0 Å². The first kappa shape index (κ1) is 10.9. The van der Waals surface area contributed by atoms with E-state index in [2.05, 4.69) is 9.47 Å². The molecular weight excluding hydrogens is 162 g/mol. The molecule has 5 heteroatoms. The Labute approximate surface area is 70.8 Å². The minimum Gasteiger partial charge on any atom is -0.428 e. The zero-order valence-corrected chi connectivity index (χ0v) is 7.42. The predicted octanol–water partition coefficient (Wildman–Crippen LogP) is -0.213. The zero-order valence-electron chi connectivity index (χ0n) is 7.42. The van der Waals surface area contributed by atoms with E-state index in [0.717, 1.165) is 0 Å². The fourth-order valence-electron chi connectivity index (χ4n) is 0.352. The highest BCUT2D eigenvalue weighted by atomic mass is 16.7. The van der Waals surface area contributed by atoms with Gasteiger partial charge in [-0.15, -0.1) is 0 Å². The van der Waals surface area contributed by atoms with E-state index in [4.69, 9.17) is 5.73 Å². The molecule has 0 bridgehead atoms. The summed E-state index contributed by atoms with van der Waals surface area (Å²) in [6, 6.07) is 0. The molecule has 0 atom stereocenters. The summed E-state index contributed by atoms with van der Waals surface area (Å²) in [4.78, 5) is 21.1. The number of hydrogen-bond acceptors (Lipinski definition) is 5. The molecule has 0 rings (SSSR count). The molecule has 70 valence electrons. The van der Waals surface area contributed by atoms with E-state index in [1.165, 1.54) is 20.8 Å². The summed E-state index contributed by atoms with van der Waals surface area (Å²) in [6.07, 6.45) is 0. The Bertz CT molecular complexity index is 182. The van der Waals surface area contributed by atoms with Crippen LogP contribution in [0.1, 0.15) is 20.8 Å². The van der Waals surface area contributed by atoms with Crippen LogP contribution in [0.25, 0.3) is 0 Å². The van der Waals surface area contributed by atoms with Gasteiger partial charge in [-0.2, -0.15) is 0 Å². The third kappa shape index (κ3) is 4.68. The molecule has 0 saturated heterocycles. The first-order valence-electron chi connectivity index (χ1n) is 3.43. The first-order chi connectivity index (χ1) is 5.34. The van der Waals surface area contributed by atoms with Crippen molar-refractivity contribution in [2.24, 2.45) is 5.73 Å². The van der Waals surface area contributed by atoms with Gasteiger partial charge < -0.3 is 15.2 Å². The molecule has 0 spiro atoms. The van der Waals surface area contributed by atoms with Gasteiger partial charge in [0.05, 0.1) is 0 Å². The lowest BCUT2D eigenvalue weighted by atomic mass is 10.1. The van der Waals surface area contributed by atoms with Gasteiger partial charge >= 0.3 is 11.9 Å². The van der Waals surface area contributed by atoms with E-state index < -0.39 is 17.5 Å². The van der Waals surface area contributed by atoms with E-state index in [0.29, 0.717) is 0 Å². The van der Waals surface area contributed by atoms with Crippen LogP contribution in [0.2, 0.25) is 0 Å². The predicted molar refractivity (Wildman–Crippen MR) is 41.0 cm³/mol. The molecule has 0 aliphatic heterocycles. The van der Waals surface area contributed by atoms with E-state index in [1.807, 2.05) is 0 Å². The Morgan fingerprint density at radius 3 is 2.17 bits per heavy atom. The normalized spacial score (nSPS) is 10.7. The molecule has 0 aromatic rings. The second-order valence-electron chi connectivity index (χ2n) is 2.91. The Hall–Kier alpha value is -1.10. The smallest absolute Gasteiger partial charge is 0.328 e. The molecule has 0 aliphatic carbocycles. The third-order valence-electron chi connectivity index (χ3n) is 0.978. The molecule has 5 nitrogen and oxygen atoms in total. The van der Waals surface area contributed by atoms with Gasteiger partial charge in [0, 0.05) is 6.92 Å². The Morgan fingerprint density at radius 2 is 1.83 bits per heavy atom. The lowest BCUT2D eigenvalue weighted by Crippen LogP contribution is -2.43. The van der Waals surface area contributed by atoms with Crippen LogP contribution in [0.15, 0.2) is 0 Å². The summed E-state index contributed by atoms with van der Waals surface area (Å²) in [5.74, 6) is -1.11. The van der Waals surface area contributed by atoms with Crippen molar-refractivity contribution in [3.63, 3.8) is 0 Å². The molecule has 0 aliphatic rings. The second-order valence-corrected chi connectivity index (χ2v) is 2.91. The minimum absolute atomic E-state index is 0.380. The van der Waals surface area contributed by atoms with Gasteiger partial charge in [0.25, 0.3) is 0 Å². The molecule has 0 radical (unpaired) electrons. The van der Waals surface area contributed by atoms with Crippen molar-refractivity contribution in [1.29, 1.82) is 0 Å². The van der Waals surface area contributed by atoms with Crippen LogP contribution in [0.3, 0.4) is 0 Å². The Morgan fingerprint density at radius 1 is 1.33 bits per heavy atom. The largest absolute Gasteiger partial charge is 0.428 e. The van der Waals surface area contributed by atoms with Gasteiger partial charge in [-0.05, 0) is 13.8 Å². The highest BCUT2D eigenvalue weighted by molar-refractivity contribution is 5.79. The van der Waals surface area contributed by atoms with Crippen molar-refractivity contribution in [3.8, 4) is 0 Å². The van der Waals surface area contributed by atoms with Crippen LogP contribution in [0, 0.1) is 0 Å². The van der Waals surface area contributed by atoms with Crippen LogP contribution in [-0.2, 0) is 19.1 Å². The molecule has 12 heavy (non-hydrogen) atoms. The van der Waals surface area contributed by atoms with Gasteiger partial charge in [-0.1, -0.05) is 0 Å². The van der Waals surface area contributed by atoms with Gasteiger partial charge in [0.1, 0.15) is 5.54 Å². The Kier molecular flexibility index (Phi) is 3.69. The number of nitrogens with two attached hydrogens (primary N) is 1. The van der Waals surface area contributed by atoms with Gasteiger partial charge in [0.2, 0.25) is 6.79 Å². The van der Waals surface area contributed by atoms with Crippen LogP contribution in [0.4, 0.5) is 0 Å². The van der Waals surface area contributed by atoms with E-state index >= 15 is 0 Å². The quantitative estimate of drug-likeness (QED) is 0.474. The van der Waals surface area contributed by atoms with Crippen molar-refractivity contribution in [3.05, 3.63) is 0 Å². The fourth-order valence-corrected chi connectivity index (χ4v) is 0.352. The Balaban J connectivity index is 3.66. The van der Waals surface area contributed by atoms with Crippen LogP contribution >= 0.6 is 0 Å². The maximum absolute atomic E-state index is 10.9. The molecule has 0 saturated carbocycles. The number of ether oxygens (including phenoxy) is 2. The summed E-state index contributed by atoms with van der Waals surface area (Å²) in [5.41, 5.74) is 4.33. The lowest BCUT2D eigenvalue weighted by Gasteiger charge is -2.15. The summed E-state index contributed by atoms with van der Waals surface area (Å²) in [6.45, 7) is 3.85. The topological polar surface area (TPSA) is 78.6 Å². The van der Waals surface area contributed by atoms with Gasteiger partial charge in [0.15, 0.2) is 0 Å². The molecule has 2 N–H and O–H groups in total. The van der Waals surface area contributed by atoms with Crippen molar-refractivity contribution in [2.45, 2.75) is 26.3 Å². The number of esters is 2. The van der Waals surface area contributed by atoms with Crippen LogP contribution in [-0.4, -0.2) is 24.3 Å². The minimum atomic E-state index is -1.06. The molecule has 0 heterocycles. The molecule has 0 fully saturated rings. The monoisotopic (exact) mass is 175 g/mol. The first-order valence-corrected chi connectivity index (χ1v) is 3.43. The third-order valence-corrected chi connectivity index (χ3v) is 0.978. The van der Waals surface area contributed by atoms with Crippen molar-refractivity contribution < 1.29 is 19.1 Å². The summed E-state index contributed by atoms with van der Waals surface area (Å²) >= 11 is 0. The van der Waals surface area contributed by atoms with Crippen molar-refractivity contribution in [2.75, 3.05) is 6.79 Å². The summed E-state index contributed by atoms with van der Waals surface area (Å²) < 4.78 is 8.88. The van der Waals surface area contributed by atoms with Crippen LogP contribution < -0.4 is 5.73 Å². The van der Waals surface area contributed by atoms with Crippen molar-refractivity contribution >= 4 is 11.9 Å². The number of rotatable bonds is 3. The molecule has 0 unspecified atom stereocenters. The second kappa shape index (κ2) is 4.06. The summed E-state index contributed by atoms with van der Waals surface area (Å²) in [7, 11) is 0. The highest BCUT2D eigenvalue weighted by Gasteiger charge is 2.23. The van der Waals surface area contributed by atoms with Gasteiger partial charge in [-0.25, -0.2) is 4.79 Å². The SMILES string of the molecule is CC(=O)OCOC(=O)C(C)(C)N. The highest BCUT2D eigenvalue weighted by Crippen LogP contribution is 1.99. The average Bonchev–Trinajstić information content (AvgIpc) is 1.84. The molecule has 0 aromatic carbocycles. The maximum atomic E-state index is 10.9. The van der Waals surface area contributed by atoms with E-state index in [1.54, 1.807) is 0 Å². The standard InChI is InChI=1S/C7H13NO4/c1-5(9)11-4-12-6(10)7(2,3)8/h4,8H2,1-3H3. The molecule has 0 amide bonds. The van der Waals surface area contributed by atoms with E-state index in [9.17, 15) is 9.59 Å². The average molecular weight is 175 g/mol. The molecule has 0 aromatic heterocycles. The van der Waals surface area contributed by atoms with Crippen molar-refractivity contribution in [1.82, 2.24) is 0 Å². The maximum Gasteiger partial charge on any atom is 0.328 e.